The maximum Gasteiger partial charge on any atom is 0.417 e. The average molecular weight is 478 g/mol. The third-order valence-corrected chi connectivity index (χ3v) is 4.84. The van der Waals surface area contributed by atoms with E-state index in [-0.39, 0.29) is 27.7 Å². The number of carbonyl (C=O) groups is 2. The van der Waals surface area contributed by atoms with E-state index in [1.54, 1.807) is 0 Å². The van der Waals surface area contributed by atoms with E-state index in [0.717, 1.165) is 12.1 Å². The van der Waals surface area contributed by atoms with Crippen molar-refractivity contribution in [1.82, 2.24) is 14.8 Å². The predicted molar refractivity (Wildman–Crippen MR) is 111 cm³/mol. The minimum atomic E-state index is -4.53. The van der Waals surface area contributed by atoms with Gasteiger partial charge in [-0.1, -0.05) is 11.6 Å². The summed E-state index contributed by atoms with van der Waals surface area (Å²) in [5.41, 5.74) is -0.0935. The first-order chi connectivity index (χ1) is 15.5. The Bertz CT molecular complexity index is 1250. The van der Waals surface area contributed by atoms with Crippen LogP contribution in [0.4, 0.5) is 18.9 Å². The number of nitrogens with zero attached hydrogens (tertiary/aromatic N) is 4. The standard InChI is InChI=1S/C21H15ClF3N5O3/c1-11-16(10-28-30(11)18-6-4-14(9-27-18)21(23,24)25)20(32)33-12(2)19(31)29-15-5-3-13(8-26)17(22)7-15/h3-7,9-10,12H,1-2H3,(H,29,31). The van der Waals surface area contributed by atoms with E-state index < -0.39 is 29.7 Å². The molecule has 0 aliphatic carbocycles. The SMILES string of the molecule is Cc1c(C(=O)OC(C)C(=O)Nc2ccc(C#N)c(Cl)c2)cnn1-c1ccc(C(F)(F)F)cn1. The molecule has 0 aliphatic rings. The number of carbonyl (C=O) groups excluding carboxylic acids is 2. The number of halogens is 4. The summed E-state index contributed by atoms with van der Waals surface area (Å²) < 4.78 is 44.5. The van der Waals surface area contributed by atoms with Crippen molar-refractivity contribution >= 4 is 29.2 Å². The van der Waals surface area contributed by atoms with Crippen LogP contribution >= 0.6 is 11.6 Å². The summed E-state index contributed by atoms with van der Waals surface area (Å²) in [6.45, 7) is 2.86. The molecule has 1 unspecified atom stereocenters. The van der Waals surface area contributed by atoms with Crippen LogP contribution in [0.15, 0.2) is 42.7 Å². The van der Waals surface area contributed by atoms with Gasteiger partial charge >= 0.3 is 12.1 Å². The van der Waals surface area contributed by atoms with Gasteiger partial charge in [-0.2, -0.15) is 23.5 Å². The molecule has 3 rings (SSSR count). The average Bonchev–Trinajstić information content (AvgIpc) is 3.14. The molecule has 33 heavy (non-hydrogen) atoms. The first-order valence-electron chi connectivity index (χ1n) is 9.31. The Morgan fingerprint density at radius 2 is 1.97 bits per heavy atom. The number of amides is 1. The van der Waals surface area contributed by atoms with E-state index in [2.05, 4.69) is 15.4 Å². The zero-order valence-electron chi connectivity index (χ0n) is 17.1. The van der Waals surface area contributed by atoms with Crippen molar-refractivity contribution < 1.29 is 27.5 Å². The van der Waals surface area contributed by atoms with E-state index in [1.807, 2.05) is 6.07 Å². The van der Waals surface area contributed by atoms with Gasteiger partial charge < -0.3 is 10.1 Å². The molecule has 8 nitrogen and oxygen atoms in total. The number of nitriles is 1. The molecule has 0 spiro atoms. The van der Waals surface area contributed by atoms with Gasteiger partial charge in [-0.05, 0) is 44.2 Å². The molecule has 2 heterocycles. The molecule has 12 heteroatoms. The van der Waals surface area contributed by atoms with Crippen molar-refractivity contribution in [2.24, 2.45) is 0 Å². The minimum Gasteiger partial charge on any atom is -0.449 e. The van der Waals surface area contributed by atoms with Gasteiger partial charge in [-0.25, -0.2) is 14.5 Å². The summed E-state index contributed by atoms with van der Waals surface area (Å²) in [4.78, 5) is 28.6. The van der Waals surface area contributed by atoms with Crippen molar-refractivity contribution in [3.8, 4) is 11.9 Å². The van der Waals surface area contributed by atoms with Crippen LogP contribution in [0, 0.1) is 18.3 Å². The lowest BCUT2D eigenvalue weighted by molar-refractivity contribution is -0.137. The minimum absolute atomic E-state index is 0.0118. The molecule has 1 N–H and O–H groups in total. The van der Waals surface area contributed by atoms with Gasteiger partial charge in [0.25, 0.3) is 5.91 Å². The molecule has 0 saturated heterocycles. The molecule has 170 valence electrons. The Morgan fingerprint density at radius 1 is 1.24 bits per heavy atom. The van der Waals surface area contributed by atoms with Gasteiger partial charge in [0.05, 0.1) is 28.0 Å². The van der Waals surface area contributed by atoms with Crippen LogP contribution < -0.4 is 5.32 Å². The Balaban J connectivity index is 1.69. The van der Waals surface area contributed by atoms with Crippen molar-refractivity contribution in [1.29, 1.82) is 5.26 Å². The number of ether oxygens (including phenoxy) is 1. The van der Waals surface area contributed by atoms with Crippen LogP contribution in [0.2, 0.25) is 5.02 Å². The normalized spacial score (nSPS) is 12.0. The number of nitrogens with one attached hydrogen (secondary N) is 1. The number of aromatic nitrogens is 3. The van der Waals surface area contributed by atoms with Gasteiger partial charge in [-0.15, -0.1) is 0 Å². The lowest BCUT2D eigenvalue weighted by Crippen LogP contribution is -2.30. The number of benzene rings is 1. The number of hydrogen-bond acceptors (Lipinski definition) is 6. The second kappa shape index (κ2) is 9.30. The molecule has 0 aliphatic heterocycles. The third kappa shape index (κ3) is 5.30. The zero-order valence-corrected chi connectivity index (χ0v) is 17.9. The maximum atomic E-state index is 12.7. The largest absolute Gasteiger partial charge is 0.449 e. The third-order valence-electron chi connectivity index (χ3n) is 4.53. The molecule has 2 aromatic heterocycles. The van der Waals surface area contributed by atoms with E-state index in [4.69, 9.17) is 21.6 Å². The number of pyridine rings is 1. The van der Waals surface area contributed by atoms with Crippen LogP contribution in [0.1, 0.15) is 34.1 Å². The van der Waals surface area contributed by atoms with E-state index in [0.29, 0.717) is 11.9 Å². The fraction of sp³-hybridized carbons (Fsp3) is 0.190. The highest BCUT2D eigenvalue weighted by molar-refractivity contribution is 6.32. The molecule has 3 aromatic rings. The molecular weight excluding hydrogens is 463 g/mol. The lowest BCUT2D eigenvalue weighted by atomic mass is 10.2. The summed E-state index contributed by atoms with van der Waals surface area (Å²) >= 11 is 5.93. The van der Waals surface area contributed by atoms with Crippen LogP contribution in [0.25, 0.3) is 5.82 Å². The fourth-order valence-electron chi connectivity index (χ4n) is 2.72. The Hall–Kier alpha value is -3.91. The van der Waals surface area contributed by atoms with E-state index in [1.165, 1.54) is 42.9 Å². The smallest absolute Gasteiger partial charge is 0.417 e. The highest BCUT2D eigenvalue weighted by atomic mass is 35.5. The molecule has 0 fully saturated rings. The van der Waals surface area contributed by atoms with E-state index >= 15 is 0 Å². The van der Waals surface area contributed by atoms with Crippen molar-refractivity contribution in [2.75, 3.05) is 5.32 Å². The van der Waals surface area contributed by atoms with Gasteiger partial charge in [0.15, 0.2) is 11.9 Å². The predicted octanol–water partition coefficient (Wildman–Crippen LogP) is 4.30. The Kier molecular flexibility index (Phi) is 6.69. The van der Waals surface area contributed by atoms with Crippen LogP contribution in [-0.2, 0) is 15.7 Å². The lowest BCUT2D eigenvalue weighted by Gasteiger charge is -2.14. The Morgan fingerprint density at radius 3 is 2.55 bits per heavy atom. The highest BCUT2D eigenvalue weighted by Gasteiger charge is 2.31. The van der Waals surface area contributed by atoms with Gasteiger partial charge in [0, 0.05) is 11.9 Å². The number of alkyl halides is 3. The summed E-state index contributed by atoms with van der Waals surface area (Å²) in [5.74, 6) is -1.42. The van der Waals surface area contributed by atoms with Gasteiger partial charge in [-0.3, -0.25) is 4.79 Å². The Labute approximate surface area is 190 Å². The first-order valence-corrected chi connectivity index (χ1v) is 9.68. The van der Waals surface area contributed by atoms with Crippen molar-refractivity contribution in [3.63, 3.8) is 0 Å². The monoisotopic (exact) mass is 477 g/mol. The molecule has 1 atom stereocenters. The highest BCUT2D eigenvalue weighted by Crippen LogP contribution is 2.29. The summed E-state index contributed by atoms with van der Waals surface area (Å²) in [5, 5.41) is 15.5. The second-order valence-electron chi connectivity index (χ2n) is 6.80. The van der Waals surface area contributed by atoms with Crippen molar-refractivity contribution in [2.45, 2.75) is 26.1 Å². The molecule has 0 radical (unpaired) electrons. The summed E-state index contributed by atoms with van der Waals surface area (Å²) in [6, 6.07) is 8.16. The van der Waals surface area contributed by atoms with Gasteiger partial charge in [0.1, 0.15) is 11.6 Å². The number of anilines is 1. The van der Waals surface area contributed by atoms with Crippen LogP contribution in [0.5, 0.6) is 0 Å². The summed E-state index contributed by atoms with van der Waals surface area (Å²) in [6.07, 6.45) is -3.89. The van der Waals surface area contributed by atoms with E-state index in [9.17, 15) is 22.8 Å². The molecule has 0 bridgehead atoms. The number of esters is 1. The fourth-order valence-corrected chi connectivity index (χ4v) is 2.95. The van der Waals surface area contributed by atoms with Crippen LogP contribution in [0.3, 0.4) is 0 Å². The molecule has 0 saturated carbocycles. The summed E-state index contributed by atoms with van der Waals surface area (Å²) in [7, 11) is 0. The van der Waals surface area contributed by atoms with Crippen molar-refractivity contribution in [3.05, 3.63) is 70.1 Å². The number of rotatable bonds is 5. The van der Waals surface area contributed by atoms with Gasteiger partial charge in [0.2, 0.25) is 0 Å². The zero-order chi connectivity index (χ0) is 24.3. The first kappa shape index (κ1) is 23.7. The number of hydrogen-bond donors (Lipinski definition) is 1. The topological polar surface area (TPSA) is 110 Å². The molecule has 1 amide bonds. The molecule has 1 aromatic carbocycles. The van der Waals surface area contributed by atoms with Crippen LogP contribution in [-0.4, -0.2) is 32.7 Å². The quantitative estimate of drug-likeness (QED) is 0.548. The molecular formula is C21H15ClF3N5O3. The second-order valence-corrected chi connectivity index (χ2v) is 7.21. The maximum absolute atomic E-state index is 12.7.